The van der Waals surface area contributed by atoms with Crippen LogP contribution in [0.2, 0.25) is 0 Å². The Morgan fingerprint density at radius 3 is 2.78 bits per heavy atom. The number of nitrogens with one attached hydrogen (secondary N) is 2. The molecule has 1 aromatic heterocycles. The number of anilines is 2. The highest BCUT2D eigenvalue weighted by Crippen LogP contribution is 2.39. The fourth-order valence-electron chi connectivity index (χ4n) is 3.91. The van der Waals surface area contributed by atoms with Gasteiger partial charge >= 0.3 is 0 Å². The van der Waals surface area contributed by atoms with Gasteiger partial charge in [-0.1, -0.05) is 43.7 Å². The number of carbonyl (C=O) groups excluding carboxylic acids is 1. The molecule has 2 aromatic carbocycles. The Hall–Kier alpha value is -3.61. The molecule has 3 aromatic rings. The summed E-state index contributed by atoms with van der Waals surface area (Å²) in [6.07, 6.45) is 3.50. The second-order valence-electron chi connectivity index (χ2n) is 8.04. The van der Waals surface area contributed by atoms with Crippen LogP contribution in [0, 0.1) is 13.8 Å². The van der Waals surface area contributed by atoms with Crippen LogP contribution < -0.4 is 15.4 Å². The van der Waals surface area contributed by atoms with E-state index in [0.717, 1.165) is 46.7 Å². The number of unbranched alkanes of at least 4 members (excludes halogenated alkanes) is 1. The third-order valence-corrected chi connectivity index (χ3v) is 5.86. The minimum Gasteiger partial charge on any atom is -0.493 e. The third kappa shape index (κ3) is 4.10. The summed E-state index contributed by atoms with van der Waals surface area (Å²) in [6.45, 7) is 8.69. The maximum atomic E-state index is 13.6. The number of aryl methyl sites for hydroxylation is 1. The summed E-state index contributed by atoms with van der Waals surface area (Å²) in [6, 6.07) is 13.3. The van der Waals surface area contributed by atoms with Gasteiger partial charge in [-0.25, -0.2) is 4.68 Å². The predicted molar refractivity (Wildman–Crippen MR) is 126 cm³/mol. The second kappa shape index (κ2) is 9.26. The van der Waals surface area contributed by atoms with Crippen molar-refractivity contribution in [3.05, 3.63) is 76.8 Å². The summed E-state index contributed by atoms with van der Waals surface area (Å²) in [5, 5.41) is 10.8. The van der Waals surface area contributed by atoms with Crippen LogP contribution in [0.3, 0.4) is 0 Å². The van der Waals surface area contributed by atoms with Gasteiger partial charge in [0.2, 0.25) is 5.95 Å². The highest BCUT2D eigenvalue weighted by Gasteiger charge is 2.35. The first-order valence-electron chi connectivity index (χ1n) is 11.0. The maximum Gasteiger partial charge on any atom is 0.255 e. The van der Waals surface area contributed by atoms with E-state index < -0.39 is 6.04 Å². The van der Waals surface area contributed by atoms with Gasteiger partial charge in [0.15, 0.2) is 0 Å². The molecule has 0 spiro atoms. The van der Waals surface area contributed by atoms with E-state index in [0.29, 0.717) is 18.1 Å². The number of nitrogens with zero attached hydrogens (tertiary/aromatic N) is 3. The van der Waals surface area contributed by atoms with Gasteiger partial charge in [-0.15, -0.1) is 0 Å². The first-order valence-corrected chi connectivity index (χ1v) is 11.0. The molecule has 1 atom stereocenters. The van der Waals surface area contributed by atoms with Gasteiger partial charge in [0.05, 0.1) is 12.2 Å². The number of hydrogen-bond donors (Lipinski definition) is 2. The van der Waals surface area contributed by atoms with Crippen LogP contribution in [0.25, 0.3) is 0 Å². The van der Waals surface area contributed by atoms with E-state index in [-0.39, 0.29) is 5.91 Å². The lowest BCUT2D eigenvalue weighted by Gasteiger charge is -2.30. The average molecular weight is 432 g/mol. The Morgan fingerprint density at radius 2 is 1.97 bits per heavy atom. The lowest BCUT2D eigenvalue weighted by atomic mass is 9.94. The number of fused-ring (bicyclic) bond motifs is 1. The van der Waals surface area contributed by atoms with E-state index in [1.807, 2.05) is 63.2 Å². The smallest absolute Gasteiger partial charge is 0.255 e. The average Bonchev–Trinajstić information content (AvgIpc) is 3.24. The van der Waals surface area contributed by atoms with Gasteiger partial charge in [0.1, 0.15) is 18.1 Å². The number of carbonyl (C=O) groups is 1. The minimum atomic E-state index is -0.461. The van der Waals surface area contributed by atoms with Gasteiger partial charge in [0.25, 0.3) is 5.91 Å². The molecular formula is C25H29N5O2. The van der Waals surface area contributed by atoms with E-state index in [9.17, 15) is 4.79 Å². The summed E-state index contributed by atoms with van der Waals surface area (Å²) >= 11 is 0. The Balaban J connectivity index is 1.76. The van der Waals surface area contributed by atoms with Crippen LogP contribution >= 0.6 is 0 Å². The van der Waals surface area contributed by atoms with E-state index in [2.05, 4.69) is 27.6 Å². The van der Waals surface area contributed by atoms with Crippen LogP contribution in [-0.2, 0) is 4.79 Å². The van der Waals surface area contributed by atoms with Crippen molar-refractivity contribution in [3.63, 3.8) is 0 Å². The molecule has 0 radical (unpaired) electrons. The van der Waals surface area contributed by atoms with Crippen molar-refractivity contribution in [1.29, 1.82) is 0 Å². The fraction of sp³-hybridized carbons (Fsp3) is 0.320. The Kier molecular flexibility index (Phi) is 6.25. The van der Waals surface area contributed by atoms with E-state index in [1.165, 1.54) is 6.33 Å². The topological polar surface area (TPSA) is 81.1 Å². The number of aromatic nitrogens is 3. The number of ether oxygens (including phenoxy) is 1. The molecule has 4 rings (SSSR count). The molecule has 0 aliphatic carbocycles. The van der Waals surface area contributed by atoms with Crippen molar-refractivity contribution in [2.24, 2.45) is 0 Å². The van der Waals surface area contributed by atoms with E-state index in [4.69, 9.17) is 4.74 Å². The number of amides is 1. The van der Waals surface area contributed by atoms with E-state index >= 15 is 0 Å². The fourth-order valence-corrected chi connectivity index (χ4v) is 3.91. The standard InChI is InChI=1S/C25H29N5O2/c1-5-6-14-32-21-13-8-7-11-19(21)23-22(18(4)28-25-26-15-27-30(23)25)24(31)29-20-12-9-10-16(2)17(20)3/h7-13,15,23H,5-6,14H2,1-4H3,(H,29,31)(H,26,27,28). The molecule has 166 valence electrons. The first kappa shape index (κ1) is 21.6. The molecule has 0 bridgehead atoms. The SMILES string of the molecule is CCCCOc1ccccc1C1C(C(=O)Nc2cccc(C)c2C)=C(C)Nc2ncnn21. The monoisotopic (exact) mass is 431 g/mol. The first-order chi connectivity index (χ1) is 15.5. The lowest BCUT2D eigenvalue weighted by Crippen LogP contribution is -2.32. The molecule has 2 N–H and O–H groups in total. The molecule has 32 heavy (non-hydrogen) atoms. The van der Waals surface area contributed by atoms with Gasteiger partial charge in [-0.2, -0.15) is 10.1 Å². The molecule has 1 unspecified atom stereocenters. The molecule has 2 heterocycles. The van der Waals surface area contributed by atoms with Crippen LogP contribution in [0.5, 0.6) is 5.75 Å². The molecule has 1 aliphatic heterocycles. The number of rotatable bonds is 7. The van der Waals surface area contributed by atoms with Crippen molar-refractivity contribution < 1.29 is 9.53 Å². The lowest BCUT2D eigenvalue weighted by molar-refractivity contribution is -0.113. The van der Waals surface area contributed by atoms with E-state index in [1.54, 1.807) is 4.68 Å². The van der Waals surface area contributed by atoms with Crippen molar-refractivity contribution in [1.82, 2.24) is 14.8 Å². The van der Waals surface area contributed by atoms with Crippen molar-refractivity contribution in [2.75, 3.05) is 17.2 Å². The highest BCUT2D eigenvalue weighted by atomic mass is 16.5. The molecule has 1 amide bonds. The summed E-state index contributed by atoms with van der Waals surface area (Å²) in [7, 11) is 0. The highest BCUT2D eigenvalue weighted by molar-refractivity contribution is 6.06. The largest absolute Gasteiger partial charge is 0.493 e. The van der Waals surface area contributed by atoms with Crippen molar-refractivity contribution >= 4 is 17.5 Å². The normalized spacial score (nSPS) is 15.2. The number of para-hydroxylation sites is 1. The summed E-state index contributed by atoms with van der Waals surface area (Å²) in [4.78, 5) is 17.9. The molecule has 0 saturated carbocycles. The van der Waals surface area contributed by atoms with Gasteiger partial charge < -0.3 is 15.4 Å². The maximum absolute atomic E-state index is 13.6. The number of allylic oxidation sites excluding steroid dienone is 1. The second-order valence-corrected chi connectivity index (χ2v) is 8.04. The minimum absolute atomic E-state index is 0.182. The summed E-state index contributed by atoms with van der Waals surface area (Å²) < 4.78 is 7.85. The zero-order valence-electron chi connectivity index (χ0n) is 19.0. The quantitative estimate of drug-likeness (QED) is 0.515. The number of benzene rings is 2. The van der Waals surface area contributed by atoms with Gasteiger partial charge in [-0.05, 0) is 50.5 Å². The zero-order chi connectivity index (χ0) is 22.7. The zero-order valence-corrected chi connectivity index (χ0v) is 19.0. The Labute approximate surface area is 188 Å². The molecule has 7 heteroatoms. The predicted octanol–water partition coefficient (Wildman–Crippen LogP) is 5.00. The van der Waals surface area contributed by atoms with Crippen LogP contribution in [0.4, 0.5) is 11.6 Å². The van der Waals surface area contributed by atoms with Crippen molar-refractivity contribution in [2.45, 2.75) is 46.6 Å². The molecular weight excluding hydrogens is 402 g/mol. The molecule has 1 aliphatic rings. The molecule has 0 saturated heterocycles. The van der Waals surface area contributed by atoms with Crippen LogP contribution in [0.1, 0.15) is 49.4 Å². The van der Waals surface area contributed by atoms with Crippen LogP contribution in [-0.4, -0.2) is 27.3 Å². The van der Waals surface area contributed by atoms with Crippen molar-refractivity contribution in [3.8, 4) is 5.75 Å². The summed E-state index contributed by atoms with van der Waals surface area (Å²) in [5.41, 5.74) is 5.16. The van der Waals surface area contributed by atoms with Gasteiger partial charge in [-0.3, -0.25) is 4.79 Å². The van der Waals surface area contributed by atoms with Crippen LogP contribution in [0.15, 0.2) is 60.1 Å². The Bertz CT molecular complexity index is 1160. The molecule has 0 fully saturated rings. The third-order valence-electron chi connectivity index (χ3n) is 5.86. The molecule has 7 nitrogen and oxygen atoms in total. The number of hydrogen-bond acceptors (Lipinski definition) is 5. The van der Waals surface area contributed by atoms with Gasteiger partial charge in [0, 0.05) is 16.9 Å². The Morgan fingerprint density at radius 1 is 1.16 bits per heavy atom. The summed E-state index contributed by atoms with van der Waals surface area (Å²) in [5.74, 6) is 1.16.